The van der Waals surface area contributed by atoms with Gasteiger partial charge in [-0.3, -0.25) is 14.7 Å². The summed E-state index contributed by atoms with van der Waals surface area (Å²) >= 11 is 0. The summed E-state index contributed by atoms with van der Waals surface area (Å²) in [5.41, 5.74) is 1.37. The van der Waals surface area contributed by atoms with Gasteiger partial charge in [-0.05, 0) is 51.1 Å². The van der Waals surface area contributed by atoms with Crippen molar-refractivity contribution >= 4 is 11.9 Å². The third-order valence-electron chi connectivity index (χ3n) is 5.32. The van der Waals surface area contributed by atoms with Crippen LogP contribution in [0.3, 0.4) is 0 Å². The molecule has 0 aliphatic carbocycles. The molecule has 1 aromatic carbocycles. The van der Waals surface area contributed by atoms with Crippen molar-refractivity contribution in [2.75, 3.05) is 40.8 Å². The summed E-state index contributed by atoms with van der Waals surface area (Å²) in [5.74, 6) is 1.08. The molecule has 2 rings (SSSR count). The van der Waals surface area contributed by atoms with Crippen LogP contribution in [0.15, 0.2) is 35.3 Å². The molecular formula is C22H37N5O. The number of aryl methyl sites for hydroxylation is 1. The highest BCUT2D eigenvalue weighted by Crippen LogP contribution is 2.18. The highest BCUT2D eigenvalue weighted by atomic mass is 16.2. The number of carbonyl (C=O) groups is 1. The predicted molar refractivity (Wildman–Crippen MR) is 117 cm³/mol. The lowest BCUT2D eigenvalue weighted by molar-refractivity contribution is -0.133. The van der Waals surface area contributed by atoms with E-state index in [9.17, 15) is 4.79 Å². The summed E-state index contributed by atoms with van der Waals surface area (Å²) in [6, 6.07) is 11.0. The Labute approximate surface area is 170 Å². The minimum Gasteiger partial charge on any atom is -0.356 e. The highest BCUT2D eigenvalue weighted by molar-refractivity contribution is 5.81. The molecule has 2 atom stereocenters. The second-order valence-electron chi connectivity index (χ2n) is 7.85. The van der Waals surface area contributed by atoms with Crippen LogP contribution in [0.4, 0.5) is 0 Å². The Morgan fingerprint density at radius 2 is 2.07 bits per heavy atom. The minimum atomic E-state index is 0.0606. The molecule has 1 fully saturated rings. The molecule has 0 aromatic heterocycles. The molecule has 28 heavy (non-hydrogen) atoms. The normalized spacial score (nSPS) is 18.7. The molecule has 0 radical (unpaired) electrons. The number of rotatable bonds is 9. The molecule has 0 bridgehead atoms. The zero-order valence-electron chi connectivity index (χ0n) is 17.9. The van der Waals surface area contributed by atoms with Crippen LogP contribution >= 0.6 is 0 Å². The number of carbonyl (C=O) groups excluding carboxylic acids is 1. The zero-order valence-corrected chi connectivity index (χ0v) is 17.9. The lowest BCUT2D eigenvalue weighted by Crippen LogP contribution is -2.45. The van der Waals surface area contributed by atoms with Crippen molar-refractivity contribution in [1.82, 2.24) is 20.4 Å². The van der Waals surface area contributed by atoms with E-state index in [4.69, 9.17) is 0 Å². The second-order valence-corrected chi connectivity index (χ2v) is 7.85. The minimum absolute atomic E-state index is 0.0606. The Balaban J connectivity index is 1.66. The van der Waals surface area contributed by atoms with E-state index >= 15 is 0 Å². The number of guanidine groups is 1. The van der Waals surface area contributed by atoms with Gasteiger partial charge in [-0.1, -0.05) is 30.3 Å². The molecule has 0 saturated carbocycles. The molecule has 2 N–H and O–H groups in total. The molecule has 1 amide bonds. The maximum Gasteiger partial charge on any atom is 0.239 e. The first-order valence-electron chi connectivity index (χ1n) is 10.5. The highest BCUT2D eigenvalue weighted by Gasteiger charge is 2.30. The standard InChI is InChI=1S/C22H37N5O/c1-18(13-14-19-10-6-5-7-11-19)25-22(23-2)24-15-9-17-27-16-8-12-20(27)21(28)26(3)4/h5-7,10-11,18,20H,8-9,12-17H2,1-4H3,(H2,23,24,25). The fourth-order valence-electron chi connectivity index (χ4n) is 3.69. The van der Waals surface area contributed by atoms with Crippen molar-refractivity contribution in [3.8, 4) is 0 Å². The molecule has 1 aliphatic heterocycles. The van der Waals surface area contributed by atoms with E-state index in [2.05, 4.69) is 57.8 Å². The largest absolute Gasteiger partial charge is 0.356 e. The van der Waals surface area contributed by atoms with E-state index in [1.165, 1.54) is 5.56 Å². The fourth-order valence-corrected chi connectivity index (χ4v) is 3.69. The SMILES string of the molecule is CN=C(NCCCN1CCCC1C(=O)N(C)C)NC(C)CCc1ccccc1. The van der Waals surface area contributed by atoms with Gasteiger partial charge in [-0.25, -0.2) is 0 Å². The number of nitrogens with one attached hydrogen (secondary N) is 2. The van der Waals surface area contributed by atoms with Crippen molar-refractivity contribution < 1.29 is 4.79 Å². The molecule has 1 aromatic rings. The van der Waals surface area contributed by atoms with E-state index in [1.807, 2.05) is 21.1 Å². The Morgan fingerprint density at radius 1 is 1.32 bits per heavy atom. The van der Waals surface area contributed by atoms with Gasteiger partial charge in [0.15, 0.2) is 5.96 Å². The summed E-state index contributed by atoms with van der Waals surface area (Å²) in [6.07, 6.45) is 5.21. The lowest BCUT2D eigenvalue weighted by Gasteiger charge is -2.26. The average Bonchev–Trinajstić information content (AvgIpc) is 3.17. The van der Waals surface area contributed by atoms with Crippen molar-refractivity contribution in [2.45, 2.75) is 51.1 Å². The van der Waals surface area contributed by atoms with Gasteiger partial charge in [0.1, 0.15) is 0 Å². The first-order valence-corrected chi connectivity index (χ1v) is 10.5. The second kappa shape index (κ2) is 11.7. The van der Waals surface area contributed by atoms with Crippen LogP contribution < -0.4 is 10.6 Å². The van der Waals surface area contributed by atoms with Crippen molar-refractivity contribution in [2.24, 2.45) is 4.99 Å². The molecule has 1 saturated heterocycles. The third-order valence-corrected chi connectivity index (χ3v) is 5.32. The molecule has 0 spiro atoms. The Hall–Kier alpha value is -2.08. The fraction of sp³-hybridized carbons (Fsp3) is 0.636. The van der Waals surface area contributed by atoms with Gasteiger partial charge in [0.05, 0.1) is 6.04 Å². The van der Waals surface area contributed by atoms with E-state index in [0.717, 1.165) is 57.7 Å². The van der Waals surface area contributed by atoms with Crippen molar-refractivity contribution in [1.29, 1.82) is 0 Å². The summed E-state index contributed by atoms with van der Waals surface area (Å²) in [7, 11) is 5.50. The van der Waals surface area contributed by atoms with Gasteiger partial charge < -0.3 is 15.5 Å². The van der Waals surface area contributed by atoms with Crippen LogP contribution in [0.1, 0.15) is 38.2 Å². The van der Waals surface area contributed by atoms with Crippen LogP contribution in [-0.2, 0) is 11.2 Å². The number of nitrogens with zero attached hydrogens (tertiary/aromatic N) is 3. The van der Waals surface area contributed by atoms with Gasteiger partial charge in [0, 0.05) is 40.3 Å². The molecule has 2 unspecified atom stereocenters. The number of amides is 1. The third kappa shape index (κ3) is 7.15. The van der Waals surface area contributed by atoms with E-state index < -0.39 is 0 Å². The Morgan fingerprint density at radius 3 is 2.75 bits per heavy atom. The number of hydrogen-bond acceptors (Lipinski definition) is 3. The number of likely N-dealkylation sites (tertiary alicyclic amines) is 1. The maximum absolute atomic E-state index is 12.3. The van der Waals surface area contributed by atoms with Crippen LogP contribution in [0, 0.1) is 0 Å². The van der Waals surface area contributed by atoms with E-state index in [-0.39, 0.29) is 11.9 Å². The summed E-state index contributed by atoms with van der Waals surface area (Å²) < 4.78 is 0. The van der Waals surface area contributed by atoms with Crippen LogP contribution in [-0.4, -0.2) is 74.5 Å². The molecule has 1 heterocycles. The zero-order chi connectivity index (χ0) is 20.4. The van der Waals surface area contributed by atoms with Crippen molar-refractivity contribution in [3.63, 3.8) is 0 Å². The first kappa shape index (κ1) is 22.2. The van der Waals surface area contributed by atoms with Gasteiger partial charge in [-0.15, -0.1) is 0 Å². The maximum atomic E-state index is 12.3. The Kier molecular flexibility index (Phi) is 9.28. The topological polar surface area (TPSA) is 60.0 Å². The van der Waals surface area contributed by atoms with Gasteiger partial charge in [-0.2, -0.15) is 0 Å². The molecule has 156 valence electrons. The van der Waals surface area contributed by atoms with E-state index in [0.29, 0.717) is 6.04 Å². The molecule has 6 nitrogen and oxygen atoms in total. The summed E-state index contributed by atoms with van der Waals surface area (Å²) in [5, 5.41) is 6.88. The van der Waals surface area contributed by atoms with Gasteiger partial charge in [0.2, 0.25) is 5.91 Å². The molecule has 1 aliphatic rings. The van der Waals surface area contributed by atoms with Gasteiger partial charge >= 0.3 is 0 Å². The number of aliphatic imine (C=N–C) groups is 1. The summed E-state index contributed by atoms with van der Waals surface area (Å²) in [4.78, 5) is 20.6. The molecular weight excluding hydrogens is 350 g/mol. The number of likely N-dealkylation sites (N-methyl/N-ethyl adjacent to an activating group) is 1. The summed E-state index contributed by atoms with van der Waals surface area (Å²) in [6.45, 7) is 5.01. The van der Waals surface area contributed by atoms with Crippen LogP contribution in [0.5, 0.6) is 0 Å². The van der Waals surface area contributed by atoms with Crippen molar-refractivity contribution in [3.05, 3.63) is 35.9 Å². The number of benzene rings is 1. The Bertz CT molecular complexity index is 617. The lowest BCUT2D eigenvalue weighted by atomic mass is 10.1. The molecule has 6 heteroatoms. The quantitative estimate of drug-likeness (QED) is 0.387. The number of hydrogen-bond donors (Lipinski definition) is 2. The monoisotopic (exact) mass is 387 g/mol. The first-order chi connectivity index (χ1) is 13.5. The van der Waals surface area contributed by atoms with Crippen LogP contribution in [0.2, 0.25) is 0 Å². The van der Waals surface area contributed by atoms with Gasteiger partial charge in [0.25, 0.3) is 0 Å². The van der Waals surface area contributed by atoms with Crippen LogP contribution in [0.25, 0.3) is 0 Å². The average molecular weight is 388 g/mol. The van der Waals surface area contributed by atoms with E-state index in [1.54, 1.807) is 4.90 Å². The predicted octanol–water partition coefficient (Wildman–Crippen LogP) is 2.12. The smallest absolute Gasteiger partial charge is 0.239 e.